The van der Waals surface area contributed by atoms with Gasteiger partial charge in [-0.2, -0.15) is 0 Å². The Morgan fingerprint density at radius 2 is 1.81 bits per heavy atom. The van der Waals surface area contributed by atoms with Gasteiger partial charge in [0.2, 0.25) is 0 Å². The van der Waals surface area contributed by atoms with Crippen LogP contribution in [0.2, 0.25) is 0 Å². The third-order valence-electron chi connectivity index (χ3n) is 3.68. The number of rotatable bonds is 1. The largest absolute Gasteiger partial charge is 0.441 e. The Morgan fingerprint density at radius 1 is 1.06 bits per heavy atom. The number of hydrogen-bond acceptors (Lipinski definition) is 2. The van der Waals surface area contributed by atoms with Crippen LogP contribution in [0.1, 0.15) is 43.6 Å². The maximum atomic E-state index is 6.02. The first-order chi connectivity index (χ1) is 7.86. The first kappa shape index (κ1) is 9.76. The van der Waals surface area contributed by atoms with E-state index in [1.807, 2.05) is 12.1 Å². The van der Waals surface area contributed by atoms with Gasteiger partial charge in [0.1, 0.15) is 5.58 Å². The molecule has 0 spiro atoms. The number of benzene rings is 1. The second-order valence-corrected chi connectivity index (χ2v) is 4.71. The van der Waals surface area contributed by atoms with E-state index in [0.717, 1.165) is 5.58 Å². The molecule has 0 amide bonds. The van der Waals surface area contributed by atoms with Crippen LogP contribution in [0.15, 0.2) is 28.7 Å². The molecule has 84 valence electrons. The van der Waals surface area contributed by atoms with Crippen molar-refractivity contribution in [3.8, 4) is 0 Å². The van der Waals surface area contributed by atoms with Gasteiger partial charge >= 0.3 is 0 Å². The fourth-order valence-corrected chi connectivity index (χ4v) is 2.90. The zero-order chi connectivity index (χ0) is 11.0. The first-order valence-corrected chi connectivity index (χ1v) is 6.13. The van der Waals surface area contributed by atoms with Crippen molar-refractivity contribution in [2.24, 2.45) is 0 Å². The molecule has 1 aliphatic rings. The van der Waals surface area contributed by atoms with E-state index in [1.54, 1.807) is 0 Å². The molecular weight excluding hydrogens is 198 g/mol. The molecule has 16 heavy (non-hydrogen) atoms. The quantitative estimate of drug-likeness (QED) is 0.779. The van der Waals surface area contributed by atoms with Crippen molar-refractivity contribution in [2.45, 2.75) is 38.0 Å². The number of fused-ring (bicyclic) bond motifs is 1. The predicted octanol–water partition coefficient (Wildman–Crippen LogP) is 4.06. The molecule has 1 heterocycles. The molecule has 2 aromatic rings. The van der Waals surface area contributed by atoms with Crippen LogP contribution in [0.25, 0.3) is 11.0 Å². The minimum Gasteiger partial charge on any atom is -0.441 e. The summed E-state index contributed by atoms with van der Waals surface area (Å²) in [5.41, 5.74) is 8.21. The zero-order valence-corrected chi connectivity index (χ0v) is 9.41. The van der Waals surface area contributed by atoms with Gasteiger partial charge in [0.25, 0.3) is 0 Å². The zero-order valence-electron chi connectivity index (χ0n) is 9.41. The molecule has 0 aliphatic heterocycles. The van der Waals surface area contributed by atoms with E-state index < -0.39 is 0 Å². The summed E-state index contributed by atoms with van der Waals surface area (Å²) >= 11 is 0. The fourth-order valence-electron chi connectivity index (χ4n) is 2.90. The van der Waals surface area contributed by atoms with Crippen LogP contribution in [0.3, 0.4) is 0 Å². The summed E-state index contributed by atoms with van der Waals surface area (Å²) in [6, 6.07) is 8.18. The number of nitrogen functional groups attached to an aromatic ring is 1. The SMILES string of the molecule is Nc1oc2ccccc2c1C1CCCCC1. The van der Waals surface area contributed by atoms with Gasteiger partial charge < -0.3 is 10.2 Å². The molecule has 0 atom stereocenters. The maximum Gasteiger partial charge on any atom is 0.195 e. The van der Waals surface area contributed by atoms with Crippen molar-refractivity contribution in [1.82, 2.24) is 0 Å². The lowest BCUT2D eigenvalue weighted by Crippen LogP contribution is -2.05. The summed E-state index contributed by atoms with van der Waals surface area (Å²) in [6.07, 6.45) is 6.53. The smallest absolute Gasteiger partial charge is 0.195 e. The molecule has 1 fully saturated rings. The minimum atomic E-state index is 0.609. The van der Waals surface area contributed by atoms with E-state index in [4.69, 9.17) is 10.2 Å². The summed E-state index contributed by atoms with van der Waals surface area (Å²) < 4.78 is 5.63. The van der Waals surface area contributed by atoms with Crippen LogP contribution >= 0.6 is 0 Å². The molecule has 2 nitrogen and oxygen atoms in total. The van der Waals surface area contributed by atoms with Gasteiger partial charge in [-0.3, -0.25) is 0 Å². The number of para-hydroxylation sites is 1. The number of furan rings is 1. The summed E-state index contributed by atoms with van der Waals surface area (Å²) in [5.74, 6) is 1.24. The molecule has 1 saturated carbocycles. The lowest BCUT2D eigenvalue weighted by molar-refractivity contribution is 0.443. The molecule has 1 aromatic heterocycles. The Labute approximate surface area is 95.4 Å². The van der Waals surface area contributed by atoms with Crippen LogP contribution < -0.4 is 5.73 Å². The van der Waals surface area contributed by atoms with Crippen molar-refractivity contribution in [2.75, 3.05) is 5.73 Å². The summed E-state index contributed by atoms with van der Waals surface area (Å²) in [4.78, 5) is 0. The van der Waals surface area contributed by atoms with E-state index in [-0.39, 0.29) is 0 Å². The Morgan fingerprint density at radius 3 is 2.62 bits per heavy atom. The Kier molecular flexibility index (Phi) is 2.35. The molecular formula is C14H17NO. The van der Waals surface area contributed by atoms with Gasteiger partial charge in [0.15, 0.2) is 5.88 Å². The second-order valence-electron chi connectivity index (χ2n) is 4.71. The molecule has 0 bridgehead atoms. The fraction of sp³-hybridized carbons (Fsp3) is 0.429. The highest BCUT2D eigenvalue weighted by Crippen LogP contribution is 2.40. The van der Waals surface area contributed by atoms with Crippen molar-refractivity contribution in [1.29, 1.82) is 0 Å². The van der Waals surface area contributed by atoms with Gasteiger partial charge in [-0.1, -0.05) is 37.5 Å². The van der Waals surface area contributed by atoms with Crippen LogP contribution in [0.5, 0.6) is 0 Å². The van der Waals surface area contributed by atoms with E-state index in [1.165, 1.54) is 43.1 Å². The van der Waals surface area contributed by atoms with Crippen molar-refractivity contribution < 1.29 is 4.42 Å². The Bertz CT molecular complexity index is 494. The lowest BCUT2D eigenvalue weighted by atomic mass is 9.83. The normalized spacial score (nSPS) is 18.0. The van der Waals surface area contributed by atoms with Crippen molar-refractivity contribution in [3.63, 3.8) is 0 Å². The first-order valence-electron chi connectivity index (χ1n) is 6.13. The minimum absolute atomic E-state index is 0.609. The van der Waals surface area contributed by atoms with Gasteiger partial charge in [0.05, 0.1) is 0 Å². The average Bonchev–Trinajstić information content (AvgIpc) is 2.66. The molecule has 2 heteroatoms. The maximum absolute atomic E-state index is 6.02. The molecule has 1 aromatic carbocycles. The van der Waals surface area contributed by atoms with Crippen LogP contribution in [0, 0.1) is 0 Å². The lowest BCUT2D eigenvalue weighted by Gasteiger charge is -2.21. The van der Waals surface area contributed by atoms with E-state index >= 15 is 0 Å². The van der Waals surface area contributed by atoms with Gasteiger partial charge in [-0.25, -0.2) is 0 Å². The molecule has 1 aliphatic carbocycles. The third kappa shape index (κ3) is 1.49. The molecule has 3 rings (SSSR count). The number of nitrogens with two attached hydrogens (primary N) is 1. The van der Waals surface area contributed by atoms with E-state index in [2.05, 4.69) is 12.1 Å². The number of anilines is 1. The second kappa shape index (κ2) is 3.85. The standard InChI is InChI=1S/C14H17NO/c15-14-13(10-6-2-1-3-7-10)11-8-4-5-9-12(11)16-14/h4-5,8-10H,1-3,6-7,15H2. The van der Waals surface area contributed by atoms with Crippen molar-refractivity contribution >= 4 is 16.9 Å². The molecule has 2 N–H and O–H groups in total. The van der Waals surface area contributed by atoms with Crippen LogP contribution in [-0.2, 0) is 0 Å². The summed E-state index contributed by atoms with van der Waals surface area (Å²) in [5, 5.41) is 1.21. The summed E-state index contributed by atoms with van der Waals surface area (Å²) in [7, 11) is 0. The van der Waals surface area contributed by atoms with Crippen LogP contribution in [-0.4, -0.2) is 0 Å². The van der Waals surface area contributed by atoms with E-state index in [0.29, 0.717) is 11.8 Å². The van der Waals surface area contributed by atoms with Gasteiger partial charge in [0, 0.05) is 10.9 Å². The number of hydrogen-bond donors (Lipinski definition) is 1. The van der Waals surface area contributed by atoms with Gasteiger partial charge in [-0.05, 0) is 24.8 Å². The summed E-state index contributed by atoms with van der Waals surface area (Å²) in [6.45, 7) is 0. The van der Waals surface area contributed by atoms with Crippen molar-refractivity contribution in [3.05, 3.63) is 29.8 Å². The monoisotopic (exact) mass is 215 g/mol. The highest BCUT2D eigenvalue weighted by molar-refractivity contribution is 5.86. The average molecular weight is 215 g/mol. The predicted molar refractivity (Wildman–Crippen MR) is 66.5 cm³/mol. The van der Waals surface area contributed by atoms with E-state index in [9.17, 15) is 0 Å². The third-order valence-corrected chi connectivity index (χ3v) is 3.68. The van der Waals surface area contributed by atoms with Gasteiger partial charge in [-0.15, -0.1) is 0 Å². The highest BCUT2D eigenvalue weighted by atomic mass is 16.3. The molecule has 0 saturated heterocycles. The molecule has 0 unspecified atom stereocenters. The van der Waals surface area contributed by atoms with Crippen LogP contribution in [0.4, 0.5) is 5.88 Å². The topological polar surface area (TPSA) is 39.2 Å². The Hall–Kier alpha value is -1.44. The molecule has 0 radical (unpaired) electrons. The highest BCUT2D eigenvalue weighted by Gasteiger charge is 2.22. The Balaban J connectivity index is 2.10.